The van der Waals surface area contributed by atoms with Gasteiger partial charge in [0.1, 0.15) is 0 Å². The van der Waals surface area contributed by atoms with Crippen LogP contribution in [0.15, 0.2) is 243 Å². The first-order chi connectivity index (χ1) is 71.1. The van der Waals surface area contributed by atoms with E-state index in [0.717, 1.165) is 27.5 Å². The van der Waals surface area contributed by atoms with Gasteiger partial charge in [-0.3, -0.25) is 0 Å². The van der Waals surface area contributed by atoms with Gasteiger partial charge in [0.15, 0.2) is 0 Å². The van der Waals surface area contributed by atoms with Gasteiger partial charge in [-0.2, -0.15) is 0 Å². The number of rotatable bonds is 19. The fourth-order valence-corrected chi connectivity index (χ4v) is 20.8. The second kappa shape index (κ2) is 35.7. The van der Waals surface area contributed by atoms with Crippen molar-refractivity contribution in [2.45, 2.75) is 299 Å². The lowest BCUT2D eigenvalue weighted by molar-refractivity contribution is 0.410. The van der Waals surface area contributed by atoms with E-state index >= 15 is 0 Å². The highest BCUT2D eigenvalue weighted by atomic mass is 15.2. The Bertz CT molecular complexity index is 7340. The smallest absolute Gasteiger partial charge is 0.252 e. The average Bonchev–Trinajstić information content (AvgIpc) is 0.702. The number of nitrogens with zero attached hydrogens (tertiary/aromatic N) is 4. The molecule has 0 aliphatic carbocycles. The van der Waals surface area contributed by atoms with Crippen molar-refractivity contribution >= 4 is 101 Å². The molecule has 716 valence electrons. The van der Waals surface area contributed by atoms with Crippen LogP contribution >= 0.6 is 0 Å². The summed E-state index contributed by atoms with van der Waals surface area (Å²) in [6, 6.07) is 80.7. The Morgan fingerprint density at radius 1 is 0.210 bits per heavy atom. The molecule has 5 heteroatoms. The molecule has 0 radical (unpaired) electrons. The lowest BCUT2D eigenvalue weighted by Crippen LogP contribution is -2.61. The zero-order chi connectivity index (χ0) is 116. The summed E-state index contributed by atoms with van der Waals surface area (Å²) in [6.07, 6.45) is -16.5. The van der Waals surface area contributed by atoms with E-state index in [1.54, 1.807) is 0 Å². The fourth-order valence-electron chi connectivity index (χ4n) is 20.8. The summed E-state index contributed by atoms with van der Waals surface area (Å²) in [7, 11) is 0. The fraction of sp³-hybridized carbons (Fsp3) is 0.414. The average molecular weight is 1840 g/mol. The zero-order valence-corrected chi connectivity index (χ0v) is 88.9. The van der Waals surface area contributed by atoms with Gasteiger partial charge < -0.3 is 18.9 Å². The Hall–Kier alpha value is -10.9. The Balaban J connectivity index is 1.16. The first kappa shape index (κ1) is 77.9. The molecular weight excluding hydrogens is 1660 g/mol. The molecule has 0 bridgehead atoms. The lowest BCUT2D eigenvalue weighted by Gasteiger charge is -2.46. The van der Waals surface area contributed by atoms with Crippen LogP contribution < -0.4 is 26.2 Å². The molecule has 0 saturated carbocycles. The zero-order valence-electron chi connectivity index (χ0n) is 107. The Kier molecular flexibility index (Phi) is 20.2. The van der Waals surface area contributed by atoms with E-state index in [1.165, 1.54) is 0 Å². The van der Waals surface area contributed by atoms with Gasteiger partial charge in [-0.25, -0.2) is 0 Å². The third kappa shape index (κ3) is 22.3. The second-order valence-electron chi connectivity index (χ2n) is 51.4. The quantitative estimate of drug-likeness (QED) is 0.0750. The largest absolute Gasteiger partial charge is 0.310 e. The summed E-state index contributed by atoms with van der Waals surface area (Å²) in [4.78, 5) is 4.65. The van der Waals surface area contributed by atoms with Crippen LogP contribution in [0.4, 0.5) is 34.1 Å². The summed E-state index contributed by atoms with van der Waals surface area (Å²) in [6.45, 7) is 63.9. The Morgan fingerprint density at radius 3 is 0.674 bits per heavy atom. The maximum absolute atomic E-state index is 11.5. The van der Waals surface area contributed by atoms with Gasteiger partial charge in [-0.05, 0) is 339 Å². The summed E-state index contributed by atoms with van der Waals surface area (Å²) >= 11 is 0. The molecule has 2 aliphatic heterocycles. The van der Waals surface area contributed by atoms with Crippen molar-refractivity contribution in [2.24, 2.45) is 59.6 Å². The van der Waals surface area contributed by atoms with Crippen LogP contribution in [0.1, 0.15) is 314 Å². The lowest BCUT2D eigenvalue weighted by atomic mass is 9.33. The molecule has 138 heavy (non-hydrogen) atoms. The molecule has 0 spiro atoms. The molecule has 0 unspecified atom stereocenters. The van der Waals surface area contributed by atoms with Crippen molar-refractivity contribution in [3.63, 3.8) is 0 Å². The number of hydrogen-bond acceptors (Lipinski definition) is 2. The van der Waals surface area contributed by atoms with Crippen molar-refractivity contribution in [1.29, 1.82) is 0 Å². The first-order valence-electron chi connectivity index (χ1n) is 59.1. The molecule has 0 saturated heterocycles. The standard InChI is InChI=1S/C133H161BN4/c1-123(2,3)74-85-38-34-42-96(58-85)102-66-93(82-131(25,26)27)67-103(97-43-35-39-86(59-97)75-124(4,5)6)121(102)137-116-72-100(135-112-54-46-89(78-127(13,14)15)62-106(112)107-63-90(47-55-113(107)135)79-128(16,17)18)50-52-110(116)134-111-53-51-101(136-114-56-48-91(80-129(19,20)21)64-108(114)109-65-92(49-57-115(109)136)81-130(22,23)24)73-117(111)138(119-71-95(84-133(31,32)33)70-118(137)120(119)134)122-104(98-44-36-40-87(60-98)76-125(7,8)9)68-94(83-132(28,29)30)69-105(122)99-45-37-41-88(61-99)77-126(10,11)12/h34-73H,74-84H2,1-33H3/i74D2,75D2,76D2,77D2,78D2,79D2,80D2,81D2,84D2. The van der Waals surface area contributed by atoms with E-state index in [9.17, 15) is 24.7 Å². The minimum atomic E-state index is -2.28. The number of hydrogen-bond donors (Lipinski definition) is 0. The van der Waals surface area contributed by atoms with E-state index in [4.69, 9.17) is 0 Å². The Morgan fingerprint density at radius 2 is 0.442 bits per heavy atom. The van der Waals surface area contributed by atoms with E-state index in [-0.39, 0.29) is 16.4 Å². The number of fused-ring (bicyclic) bond motifs is 10. The number of aromatic nitrogens is 2. The van der Waals surface area contributed by atoms with E-state index in [2.05, 4.69) is 133 Å². The van der Waals surface area contributed by atoms with Crippen LogP contribution in [0.3, 0.4) is 0 Å². The number of benzene rings is 13. The summed E-state index contributed by atoms with van der Waals surface area (Å²) in [5, 5.41) is 2.75. The predicted octanol–water partition coefficient (Wildman–Crippen LogP) is 36.1. The van der Waals surface area contributed by atoms with Crippen LogP contribution in [-0.4, -0.2) is 15.8 Å². The van der Waals surface area contributed by atoms with Crippen molar-refractivity contribution in [3.05, 3.63) is 304 Å². The van der Waals surface area contributed by atoms with E-state index in [0.29, 0.717) is 191 Å². The first-order valence-corrected chi connectivity index (χ1v) is 50.1. The molecule has 4 nitrogen and oxygen atoms in total. The van der Waals surface area contributed by atoms with Crippen molar-refractivity contribution in [2.75, 3.05) is 9.80 Å². The molecule has 0 N–H and O–H groups in total. The SMILES string of the molecule is [2H]C([2H])(c1cccc(-c2cc(CC(C)(C)C)cc(-c3cccc(C([2H])([2H])C(C)(C)C)c3)c2N2c3cc(-n4c5ccc(C([2H])([2H])C(C)(C)C)cc5c5cc(C([2H])([2H])C(C)(C)C)ccc54)ccc3B3c4ccc(-n5c6ccc(C([2H])([2H])C(C)(C)C)cc6c6cc(C([2H])([2H])C(C)(C)C)ccc65)cc4N(c4c(-c5cccc(C([2H])([2H])C(C)(C)C)c5)cc(CC(C)(C)C)cc4-c4cccc(C([2H])([2H])C(C)(C)C)c4)c4cc(C([2H])([2H])C(C)(C)C)cc2c43)c1)C(C)(C)C. The summed E-state index contributed by atoms with van der Waals surface area (Å²) < 4.78 is 190. The molecule has 0 atom stereocenters. The van der Waals surface area contributed by atoms with Crippen molar-refractivity contribution in [3.8, 4) is 55.9 Å². The van der Waals surface area contributed by atoms with Crippen LogP contribution in [0.5, 0.6) is 0 Å². The highest BCUT2D eigenvalue weighted by Gasteiger charge is 2.47. The van der Waals surface area contributed by atoms with Gasteiger partial charge in [0.05, 0.1) is 33.4 Å². The molecule has 13 aromatic carbocycles. The van der Waals surface area contributed by atoms with Crippen LogP contribution in [-0.2, 0) is 70.2 Å². The molecule has 0 amide bonds. The van der Waals surface area contributed by atoms with Crippen molar-refractivity contribution in [1.82, 2.24) is 9.13 Å². The van der Waals surface area contributed by atoms with E-state index in [1.807, 2.05) is 357 Å². The van der Waals surface area contributed by atoms with Gasteiger partial charge in [-0.1, -0.05) is 362 Å². The van der Waals surface area contributed by atoms with Gasteiger partial charge in [0.25, 0.3) is 6.71 Å². The van der Waals surface area contributed by atoms with Crippen LogP contribution in [0.25, 0.3) is 99.5 Å². The maximum atomic E-state index is 11.5. The third-order valence-corrected chi connectivity index (χ3v) is 24.7. The van der Waals surface area contributed by atoms with Gasteiger partial charge in [-0.15, -0.1) is 0 Å². The molecule has 2 aromatic heterocycles. The third-order valence-electron chi connectivity index (χ3n) is 24.7. The predicted molar refractivity (Wildman–Crippen MR) is 606 cm³/mol. The second-order valence-corrected chi connectivity index (χ2v) is 51.4. The highest BCUT2D eigenvalue weighted by molar-refractivity contribution is 7.00. The number of anilines is 6. The summed E-state index contributed by atoms with van der Waals surface area (Å²) in [5.74, 6) is 0. The minimum absolute atomic E-state index is 0.275. The highest BCUT2D eigenvalue weighted by Crippen LogP contribution is 2.57. The van der Waals surface area contributed by atoms with Crippen LogP contribution in [0, 0.1) is 59.6 Å². The van der Waals surface area contributed by atoms with E-state index < -0.39 is 113 Å². The van der Waals surface area contributed by atoms with Gasteiger partial charge >= 0.3 is 0 Å². The molecule has 17 rings (SSSR count). The van der Waals surface area contributed by atoms with Gasteiger partial charge in [0.2, 0.25) is 0 Å². The monoisotopic (exact) mass is 1840 g/mol. The minimum Gasteiger partial charge on any atom is -0.310 e. The Labute approximate surface area is 857 Å². The molecule has 0 fully saturated rings. The normalized spacial score (nSPS) is 16.7. The van der Waals surface area contributed by atoms with Crippen LogP contribution in [0.2, 0.25) is 0 Å². The molecule has 4 heterocycles. The maximum Gasteiger partial charge on any atom is 0.252 e. The topological polar surface area (TPSA) is 16.3 Å². The summed E-state index contributed by atoms with van der Waals surface area (Å²) in [5.41, 5.74) is 11.5. The molecular formula is C133H161BN4. The molecule has 15 aromatic rings. The molecule has 2 aliphatic rings. The van der Waals surface area contributed by atoms with Gasteiger partial charge in [0, 0.05) is 103 Å². The van der Waals surface area contributed by atoms with Crippen molar-refractivity contribution < 1.29 is 24.7 Å².